The molecule has 0 aromatic heterocycles. The number of alkyl halides is 1. The van der Waals surface area contributed by atoms with Crippen molar-refractivity contribution in [2.24, 2.45) is 0 Å². The van der Waals surface area contributed by atoms with Crippen LogP contribution in [0.4, 0.5) is 0 Å². The highest BCUT2D eigenvalue weighted by atomic mass is 79.9. The monoisotopic (exact) mass is 236 g/mol. The van der Waals surface area contributed by atoms with E-state index in [1.54, 1.807) is 0 Å². The Hall–Kier alpha value is -0.0500. The smallest absolute Gasteiger partial charge is 0.302 e. The van der Waals surface area contributed by atoms with Crippen molar-refractivity contribution in [1.29, 1.82) is 0 Å². The lowest BCUT2D eigenvalue weighted by Crippen LogP contribution is -2.00. The summed E-state index contributed by atoms with van der Waals surface area (Å²) in [7, 11) is 0. The lowest BCUT2D eigenvalue weighted by Gasteiger charge is -2.00. The van der Waals surface area contributed by atoms with Gasteiger partial charge in [0.05, 0.1) is 6.61 Å². The number of hydrogen-bond acceptors (Lipinski definition) is 2. The standard InChI is InChI=1S/C9H17BrO2/c1-9(11)12-8-6-4-2-3-5-7-10/h2-8H2,1H3. The Morgan fingerprint density at radius 2 is 1.75 bits per heavy atom. The predicted molar refractivity (Wildman–Crippen MR) is 53.5 cm³/mol. The van der Waals surface area contributed by atoms with Crippen LogP contribution in [0.5, 0.6) is 0 Å². The Labute approximate surface area is 82.8 Å². The first kappa shape index (κ1) is 11.9. The van der Waals surface area contributed by atoms with Crippen LogP contribution in [0.15, 0.2) is 0 Å². The van der Waals surface area contributed by atoms with Crippen LogP contribution < -0.4 is 0 Å². The average Bonchev–Trinajstić information content (AvgIpc) is 2.02. The van der Waals surface area contributed by atoms with Crippen molar-refractivity contribution < 1.29 is 9.53 Å². The van der Waals surface area contributed by atoms with Gasteiger partial charge in [0.1, 0.15) is 0 Å². The number of hydrogen-bond donors (Lipinski definition) is 0. The summed E-state index contributed by atoms with van der Waals surface area (Å²) in [5, 5.41) is 1.09. The van der Waals surface area contributed by atoms with E-state index in [2.05, 4.69) is 15.9 Å². The molecule has 12 heavy (non-hydrogen) atoms. The van der Waals surface area contributed by atoms with Gasteiger partial charge in [-0.2, -0.15) is 0 Å². The van der Waals surface area contributed by atoms with Crippen molar-refractivity contribution in [2.75, 3.05) is 11.9 Å². The molecule has 0 saturated carbocycles. The number of unbranched alkanes of at least 4 members (excludes halogenated alkanes) is 4. The molecule has 0 rings (SSSR count). The molecule has 0 N–H and O–H groups in total. The lowest BCUT2D eigenvalue weighted by molar-refractivity contribution is -0.141. The molecular weight excluding hydrogens is 220 g/mol. The fourth-order valence-electron chi connectivity index (χ4n) is 0.943. The molecule has 3 heteroatoms. The molecular formula is C9H17BrO2. The number of carbonyl (C=O) groups excluding carboxylic acids is 1. The molecule has 0 spiro atoms. The van der Waals surface area contributed by atoms with Crippen LogP contribution in [0.2, 0.25) is 0 Å². The van der Waals surface area contributed by atoms with Gasteiger partial charge in [0.2, 0.25) is 0 Å². The molecule has 0 saturated heterocycles. The second-order valence-corrected chi connectivity index (χ2v) is 3.59. The molecule has 0 aliphatic rings. The molecule has 0 aromatic carbocycles. The summed E-state index contributed by atoms with van der Waals surface area (Å²) in [5.74, 6) is -0.171. The summed E-state index contributed by atoms with van der Waals surface area (Å²) >= 11 is 3.38. The summed E-state index contributed by atoms with van der Waals surface area (Å²) in [6.07, 6.45) is 5.92. The molecule has 0 aromatic rings. The van der Waals surface area contributed by atoms with Gasteiger partial charge in [0.15, 0.2) is 0 Å². The van der Waals surface area contributed by atoms with E-state index in [9.17, 15) is 4.79 Å². The fourth-order valence-corrected chi connectivity index (χ4v) is 1.34. The van der Waals surface area contributed by atoms with Crippen LogP contribution in [0, 0.1) is 0 Å². The summed E-state index contributed by atoms with van der Waals surface area (Å²) in [6, 6.07) is 0. The van der Waals surface area contributed by atoms with Gasteiger partial charge in [-0.15, -0.1) is 0 Å². The highest BCUT2D eigenvalue weighted by Crippen LogP contribution is 2.04. The van der Waals surface area contributed by atoms with Crippen molar-refractivity contribution in [3.63, 3.8) is 0 Å². The van der Waals surface area contributed by atoms with Crippen LogP contribution in [0.1, 0.15) is 39.0 Å². The largest absolute Gasteiger partial charge is 0.466 e. The van der Waals surface area contributed by atoms with Crippen molar-refractivity contribution in [2.45, 2.75) is 39.0 Å². The zero-order valence-electron chi connectivity index (χ0n) is 7.64. The minimum Gasteiger partial charge on any atom is -0.466 e. The van der Waals surface area contributed by atoms with Gasteiger partial charge in [-0.3, -0.25) is 4.79 Å². The van der Waals surface area contributed by atoms with Crippen molar-refractivity contribution in [3.05, 3.63) is 0 Å². The van der Waals surface area contributed by atoms with E-state index in [0.29, 0.717) is 6.61 Å². The number of rotatable bonds is 7. The minimum absolute atomic E-state index is 0.171. The molecule has 0 heterocycles. The van der Waals surface area contributed by atoms with Gasteiger partial charge in [0, 0.05) is 12.3 Å². The average molecular weight is 237 g/mol. The highest BCUT2D eigenvalue weighted by molar-refractivity contribution is 9.09. The third-order valence-corrected chi connectivity index (χ3v) is 2.14. The molecule has 0 atom stereocenters. The molecule has 0 aliphatic carbocycles. The third-order valence-electron chi connectivity index (χ3n) is 1.58. The van der Waals surface area contributed by atoms with Crippen molar-refractivity contribution >= 4 is 21.9 Å². The first-order chi connectivity index (χ1) is 5.77. The van der Waals surface area contributed by atoms with Gasteiger partial charge in [0.25, 0.3) is 0 Å². The fraction of sp³-hybridized carbons (Fsp3) is 0.889. The molecule has 0 aliphatic heterocycles. The summed E-state index contributed by atoms with van der Waals surface area (Å²) < 4.78 is 4.80. The molecule has 72 valence electrons. The molecule has 0 radical (unpaired) electrons. The van der Waals surface area contributed by atoms with Gasteiger partial charge in [-0.1, -0.05) is 35.2 Å². The maximum absolute atomic E-state index is 10.4. The Balaban J connectivity index is 2.86. The number of esters is 1. The Bertz CT molecular complexity index is 115. The second-order valence-electron chi connectivity index (χ2n) is 2.80. The summed E-state index contributed by atoms with van der Waals surface area (Å²) in [4.78, 5) is 10.4. The minimum atomic E-state index is -0.171. The quantitative estimate of drug-likeness (QED) is 0.386. The van der Waals surface area contributed by atoms with E-state index in [1.165, 1.54) is 32.6 Å². The SMILES string of the molecule is CC(=O)OCCCCCCCBr. The maximum atomic E-state index is 10.4. The first-order valence-electron chi connectivity index (χ1n) is 4.46. The molecule has 0 amide bonds. The van der Waals surface area contributed by atoms with Crippen molar-refractivity contribution in [3.8, 4) is 0 Å². The summed E-state index contributed by atoms with van der Waals surface area (Å²) in [5.41, 5.74) is 0. The maximum Gasteiger partial charge on any atom is 0.302 e. The Morgan fingerprint density at radius 3 is 2.33 bits per heavy atom. The number of halogens is 1. The topological polar surface area (TPSA) is 26.3 Å². The summed E-state index contributed by atoms with van der Waals surface area (Å²) in [6.45, 7) is 2.04. The van der Waals surface area contributed by atoms with Gasteiger partial charge < -0.3 is 4.74 Å². The van der Waals surface area contributed by atoms with Crippen LogP contribution in [0.3, 0.4) is 0 Å². The molecule has 0 fully saturated rings. The van der Waals surface area contributed by atoms with Crippen LogP contribution in [-0.4, -0.2) is 17.9 Å². The Morgan fingerprint density at radius 1 is 1.17 bits per heavy atom. The molecule has 0 bridgehead atoms. The van der Waals surface area contributed by atoms with Crippen LogP contribution in [-0.2, 0) is 9.53 Å². The van der Waals surface area contributed by atoms with Gasteiger partial charge in [-0.25, -0.2) is 0 Å². The van der Waals surface area contributed by atoms with E-state index in [0.717, 1.165) is 11.8 Å². The van der Waals surface area contributed by atoms with Crippen molar-refractivity contribution in [1.82, 2.24) is 0 Å². The molecule has 0 unspecified atom stereocenters. The zero-order chi connectivity index (χ0) is 9.23. The van der Waals surface area contributed by atoms with E-state index >= 15 is 0 Å². The predicted octanol–water partition coefficient (Wildman–Crippen LogP) is 2.89. The highest BCUT2D eigenvalue weighted by Gasteiger charge is 1.92. The second kappa shape index (κ2) is 9.04. The molecule has 2 nitrogen and oxygen atoms in total. The normalized spacial score (nSPS) is 9.83. The zero-order valence-corrected chi connectivity index (χ0v) is 9.23. The lowest BCUT2D eigenvalue weighted by atomic mass is 10.2. The van der Waals surface area contributed by atoms with E-state index in [-0.39, 0.29) is 5.97 Å². The van der Waals surface area contributed by atoms with Crippen LogP contribution in [0.25, 0.3) is 0 Å². The first-order valence-corrected chi connectivity index (χ1v) is 5.59. The van der Waals surface area contributed by atoms with Gasteiger partial charge >= 0.3 is 5.97 Å². The number of carbonyl (C=O) groups is 1. The third kappa shape index (κ3) is 9.95. The van der Waals surface area contributed by atoms with E-state index in [4.69, 9.17) is 4.74 Å². The van der Waals surface area contributed by atoms with Gasteiger partial charge in [-0.05, 0) is 12.8 Å². The van der Waals surface area contributed by atoms with E-state index in [1.807, 2.05) is 0 Å². The Kier molecular flexibility index (Phi) is 9.00. The van der Waals surface area contributed by atoms with E-state index < -0.39 is 0 Å². The number of ether oxygens (including phenoxy) is 1. The van der Waals surface area contributed by atoms with Crippen LogP contribution >= 0.6 is 15.9 Å².